The Hall–Kier alpha value is -3.29. The molecule has 3 N–H and O–H groups in total. The van der Waals surface area contributed by atoms with Crippen molar-refractivity contribution < 1.29 is 9.90 Å². The molecule has 0 aliphatic carbocycles. The van der Waals surface area contributed by atoms with Crippen molar-refractivity contribution in [2.75, 3.05) is 5.32 Å². The maximum atomic E-state index is 12.8. The molecular formula is C27H30N4O3. The smallest absolute Gasteiger partial charge is 0.254 e. The minimum atomic E-state index is -0.526. The second kappa shape index (κ2) is 9.52. The van der Waals surface area contributed by atoms with Gasteiger partial charge in [0.25, 0.3) is 5.56 Å². The van der Waals surface area contributed by atoms with E-state index in [4.69, 9.17) is 0 Å². The summed E-state index contributed by atoms with van der Waals surface area (Å²) in [6.07, 6.45) is 4.03. The van der Waals surface area contributed by atoms with Gasteiger partial charge in [-0.2, -0.15) is 0 Å². The molecule has 2 aromatic carbocycles. The van der Waals surface area contributed by atoms with Crippen LogP contribution in [-0.4, -0.2) is 32.6 Å². The van der Waals surface area contributed by atoms with Crippen molar-refractivity contribution in [1.82, 2.24) is 14.9 Å². The van der Waals surface area contributed by atoms with Gasteiger partial charge in [-0.3, -0.25) is 14.2 Å². The average molecular weight is 459 g/mol. The van der Waals surface area contributed by atoms with E-state index in [2.05, 4.69) is 22.5 Å². The number of fused-ring (bicyclic) bond motifs is 1. The van der Waals surface area contributed by atoms with Crippen molar-refractivity contribution >= 4 is 11.6 Å². The molecule has 3 aromatic rings. The Balaban J connectivity index is 1.19. The molecule has 0 radical (unpaired) electrons. The van der Waals surface area contributed by atoms with Gasteiger partial charge in [-0.15, -0.1) is 0 Å². The number of carbonyl (C=O) groups excluding carboxylic acids is 1. The molecule has 1 saturated heterocycles. The molecular weight excluding hydrogens is 428 g/mol. The number of amides is 1. The van der Waals surface area contributed by atoms with E-state index in [1.54, 1.807) is 0 Å². The molecule has 5 rings (SSSR count). The molecule has 0 saturated carbocycles. The third-order valence-electron chi connectivity index (χ3n) is 7.09. The third-order valence-corrected chi connectivity index (χ3v) is 7.09. The summed E-state index contributed by atoms with van der Waals surface area (Å²) in [6, 6.07) is 18.9. The minimum absolute atomic E-state index is 0.0261. The maximum Gasteiger partial charge on any atom is 0.254 e. The number of nitrogens with one attached hydrogen (secondary N) is 2. The summed E-state index contributed by atoms with van der Waals surface area (Å²) in [5, 5.41) is 17.4. The second-order valence-electron chi connectivity index (χ2n) is 9.47. The van der Waals surface area contributed by atoms with Crippen molar-refractivity contribution in [3.8, 4) is 0 Å². The van der Waals surface area contributed by atoms with Gasteiger partial charge >= 0.3 is 0 Å². The van der Waals surface area contributed by atoms with Crippen LogP contribution < -0.4 is 16.2 Å². The minimum Gasteiger partial charge on any atom is -0.387 e. The monoisotopic (exact) mass is 458 g/mol. The predicted molar refractivity (Wildman–Crippen MR) is 131 cm³/mol. The molecule has 7 nitrogen and oxygen atoms in total. The van der Waals surface area contributed by atoms with Gasteiger partial charge in [-0.05, 0) is 48.4 Å². The highest BCUT2D eigenvalue weighted by Gasteiger charge is 2.35. The lowest BCUT2D eigenvalue weighted by Crippen LogP contribution is -2.37. The molecule has 2 aliphatic heterocycles. The Bertz CT molecular complexity index is 1210. The fourth-order valence-corrected chi connectivity index (χ4v) is 5.35. The molecule has 1 amide bonds. The fraction of sp³-hybridized carbons (Fsp3) is 0.370. The van der Waals surface area contributed by atoms with Crippen LogP contribution in [0.3, 0.4) is 0 Å². The number of hydrogen-bond acceptors (Lipinski definition) is 5. The summed E-state index contributed by atoms with van der Waals surface area (Å²) in [5.41, 5.74) is 2.64. The second-order valence-corrected chi connectivity index (χ2v) is 9.47. The van der Waals surface area contributed by atoms with E-state index in [0.717, 1.165) is 18.4 Å². The Morgan fingerprint density at radius 3 is 2.71 bits per heavy atom. The number of nitrogens with zero attached hydrogens (tertiary/aromatic N) is 2. The summed E-state index contributed by atoms with van der Waals surface area (Å²) in [7, 11) is 0. The van der Waals surface area contributed by atoms with E-state index in [0.29, 0.717) is 30.3 Å². The highest BCUT2D eigenvalue weighted by molar-refractivity contribution is 5.94. The number of hydrogen-bond donors (Lipinski definition) is 3. The summed E-state index contributed by atoms with van der Waals surface area (Å²) in [5.74, 6) is 0.841. The van der Waals surface area contributed by atoms with Gasteiger partial charge in [0.05, 0.1) is 6.10 Å². The molecule has 176 valence electrons. The third kappa shape index (κ3) is 4.54. The van der Waals surface area contributed by atoms with Crippen molar-refractivity contribution in [1.29, 1.82) is 0 Å². The van der Waals surface area contributed by atoms with Crippen LogP contribution in [0.4, 0.5) is 5.69 Å². The summed E-state index contributed by atoms with van der Waals surface area (Å²) < 4.78 is 1.50. The number of anilines is 1. The molecule has 3 heterocycles. The average Bonchev–Trinajstić information content (AvgIpc) is 3.45. The summed E-state index contributed by atoms with van der Waals surface area (Å²) in [4.78, 5) is 29.2. The van der Waals surface area contributed by atoms with E-state index in [9.17, 15) is 14.7 Å². The van der Waals surface area contributed by atoms with Gasteiger partial charge in [0.15, 0.2) is 0 Å². The Labute approximate surface area is 198 Å². The molecule has 1 aromatic heterocycles. The van der Waals surface area contributed by atoms with Gasteiger partial charge in [0.2, 0.25) is 5.91 Å². The zero-order valence-corrected chi connectivity index (χ0v) is 19.2. The lowest BCUT2D eigenvalue weighted by atomic mass is 9.92. The first-order valence-corrected chi connectivity index (χ1v) is 11.9. The first-order valence-electron chi connectivity index (χ1n) is 11.9. The van der Waals surface area contributed by atoms with E-state index < -0.39 is 12.1 Å². The maximum absolute atomic E-state index is 12.8. The lowest BCUT2D eigenvalue weighted by molar-refractivity contribution is -0.119. The first kappa shape index (κ1) is 22.5. The number of rotatable bonds is 6. The lowest BCUT2D eigenvalue weighted by Gasteiger charge is -2.23. The van der Waals surface area contributed by atoms with E-state index in [1.165, 1.54) is 22.4 Å². The Kier molecular flexibility index (Phi) is 6.30. The van der Waals surface area contributed by atoms with Crippen LogP contribution in [0.15, 0.2) is 71.7 Å². The Morgan fingerprint density at radius 2 is 1.94 bits per heavy atom. The van der Waals surface area contributed by atoms with Gasteiger partial charge in [-0.1, -0.05) is 49.4 Å². The molecule has 0 spiro atoms. The highest BCUT2D eigenvalue weighted by Crippen LogP contribution is 2.31. The standard InChI is InChI=1S/C27H30N4O3/c1-17-15-21(29-25(17)26(33)19-5-3-2-4-6-19)16-18-7-9-20(10-8-18)30-27(34)22-11-12-23-28-14-13-24(32)31(22)23/h2-10,13-14,17,21-22,25-26,29,33H,11-12,15-16H2,1H3,(H,30,34)/t17?,21-,22?,25+,26+/m0/s1. The van der Waals surface area contributed by atoms with E-state index in [1.807, 2.05) is 54.6 Å². The molecule has 1 fully saturated rings. The van der Waals surface area contributed by atoms with Gasteiger partial charge in [0, 0.05) is 36.5 Å². The number of aliphatic hydroxyl groups is 1. The zero-order chi connectivity index (χ0) is 23.7. The van der Waals surface area contributed by atoms with Crippen LogP contribution in [0.25, 0.3) is 0 Å². The highest BCUT2D eigenvalue weighted by atomic mass is 16.3. The normalized spacial score (nSPS) is 24.5. The molecule has 2 unspecified atom stereocenters. The molecule has 0 bridgehead atoms. The van der Waals surface area contributed by atoms with E-state index in [-0.39, 0.29) is 23.6 Å². The topological polar surface area (TPSA) is 96.2 Å². The number of aryl methyl sites for hydroxylation is 1. The zero-order valence-electron chi connectivity index (χ0n) is 19.2. The molecule has 7 heteroatoms. The van der Waals surface area contributed by atoms with Crippen LogP contribution >= 0.6 is 0 Å². The first-order chi connectivity index (χ1) is 16.5. The van der Waals surface area contributed by atoms with Crippen LogP contribution in [0.1, 0.15) is 48.9 Å². The summed E-state index contributed by atoms with van der Waals surface area (Å²) in [6.45, 7) is 2.18. The van der Waals surface area contributed by atoms with E-state index >= 15 is 0 Å². The Morgan fingerprint density at radius 1 is 1.18 bits per heavy atom. The van der Waals surface area contributed by atoms with Crippen molar-refractivity contribution in [2.45, 2.75) is 56.8 Å². The number of benzene rings is 2. The predicted octanol–water partition coefficient (Wildman–Crippen LogP) is 3.01. The van der Waals surface area contributed by atoms with Crippen LogP contribution in [0, 0.1) is 5.92 Å². The summed E-state index contributed by atoms with van der Waals surface area (Å²) >= 11 is 0. The van der Waals surface area contributed by atoms with Crippen LogP contribution in [0.5, 0.6) is 0 Å². The SMILES string of the molecule is CC1C[C@@H](Cc2ccc(NC(=O)C3CCc4nccc(=O)n43)cc2)N[C@H]1[C@H](O)c1ccccc1. The van der Waals surface area contributed by atoms with Gasteiger partial charge in [-0.25, -0.2) is 4.98 Å². The van der Waals surface area contributed by atoms with Crippen LogP contribution in [0.2, 0.25) is 0 Å². The molecule has 34 heavy (non-hydrogen) atoms. The van der Waals surface area contributed by atoms with Gasteiger partial charge < -0.3 is 15.7 Å². The van der Waals surface area contributed by atoms with Crippen molar-refractivity contribution in [3.05, 3.63) is 94.2 Å². The number of carbonyl (C=O) groups is 1. The largest absolute Gasteiger partial charge is 0.387 e. The quantitative estimate of drug-likeness (QED) is 0.528. The van der Waals surface area contributed by atoms with Crippen molar-refractivity contribution in [2.24, 2.45) is 5.92 Å². The van der Waals surface area contributed by atoms with Crippen LogP contribution in [-0.2, 0) is 17.6 Å². The fourth-order valence-electron chi connectivity index (χ4n) is 5.35. The molecule has 2 aliphatic rings. The van der Waals surface area contributed by atoms with Gasteiger partial charge in [0.1, 0.15) is 11.9 Å². The molecule has 5 atom stereocenters. The number of aromatic nitrogens is 2. The van der Waals surface area contributed by atoms with Crippen molar-refractivity contribution in [3.63, 3.8) is 0 Å². The number of aliphatic hydroxyl groups excluding tert-OH is 1.